The van der Waals surface area contributed by atoms with E-state index in [9.17, 15) is 13.6 Å². The Bertz CT molecular complexity index is 767. The number of allylic oxidation sites excluding steroid dienone is 1. The van der Waals surface area contributed by atoms with E-state index >= 15 is 0 Å². The van der Waals surface area contributed by atoms with Gasteiger partial charge in [0.15, 0.2) is 0 Å². The second-order valence-corrected chi connectivity index (χ2v) is 5.01. The first kappa shape index (κ1) is 14.3. The first-order chi connectivity index (χ1) is 10.6. The maximum Gasteiger partial charge on any atom is 0.256 e. The largest absolute Gasteiger partial charge is 0.379 e. The molecule has 2 aromatic rings. The number of amides is 1. The van der Waals surface area contributed by atoms with Gasteiger partial charge < -0.3 is 10.6 Å². The number of halogens is 2. The molecule has 5 heteroatoms. The predicted octanol–water partition coefficient (Wildman–Crippen LogP) is 3.93. The first-order valence-electron chi connectivity index (χ1n) is 6.88. The molecule has 1 amide bonds. The molecule has 0 saturated heterocycles. The van der Waals surface area contributed by atoms with E-state index in [0.29, 0.717) is 29.1 Å². The van der Waals surface area contributed by atoms with Crippen LogP contribution in [0.4, 0.5) is 20.2 Å². The van der Waals surface area contributed by atoms with Crippen LogP contribution in [0.15, 0.2) is 42.5 Å². The van der Waals surface area contributed by atoms with Crippen molar-refractivity contribution < 1.29 is 13.6 Å². The number of nitrogens with one attached hydrogen (secondary N) is 2. The van der Waals surface area contributed by atoms with E-state index in [1.54, 1.807) is 25.1 Å². The van der Waals surface area contributed by atoms with Crippen molar-refractivity contribution in [2.24, 2.45) is 0 Å². The van der Waals surface area contributed by atoms with Gasteiger partial charge in [-0.1, -0.05) is 18.2 Å². The third kappa shape index (κ3) is 2.57. The van der Waals surface area contributed by atoms with Crippen LogP contribution in [0.25, 0.3) is 5.57 Å². The van der Waals surface area contributed by atoms with Crippen LogP contribution in [0.1, 0.15) is 18.1 Å². The van der Waals surface area contributed by atoms with E-state index in [4.69, 9.17) is 0 Å². The maximum absolute atomic E-state index is 13.8. The minimum atomic E-state index is -0.420. The summed E-state index contributed by atoms with van der Waals surface area (Å²) in [6.07, 6.45) is 1.66. The molecule has 1 aliphatic rings. The molecule has 0 aliphatic carbocycles. The lowest BCUT2D eigenvalue weighted by molar-refractivity contribution is -0.110. The molecular formula is C17H14F2N2O. The summed E-state index contributed by atoms with van der Waals surface area (Å²) in [5.74, 6) is -0.968. The molecular weight excluding hydrogens is 286 g/mol. The molecule has 0 atom stereocenters. The number of benzene rings is 2. The number of fused-ring (bicyclic) bond motifs is 1. The van der Waals surface area contributed by atoms with E-state index in [1.807, 2.05) is 0 Å². The summed E-state index contributed by atoms with van der Waals surface area (Å²) >= 11 is 0. The van der Waals surface area contributed by atoms with E-state index < -0.39 is 5.82 Å². The molecule has 2 N–H and O–H groups in total. The molecule has 2 aromatic carbocycles. The number of anilines is 2. The predicted molar refractivity (Wildman–Crippen MR) is 82.4 cm³/mol. The highest BCUT2D eigenvalue weighted by atomic mass is 19.1. The van der Waals surface area contributed by atoms with Crippen LogP contribution in [0.5, 0.6) is 0 Å². The van der Waals surface area contributed by atoms with Crippen molar-refractivity contribution in [1.82, 2.24) is 0 Å². The van der Waals surface area contributed by atoms with E-state index in [2.05, 4.69) is 10.6 Å². The topological polar surface area (TPSA) is 41.1 Å². The summed E-state index contributed by atoms with van der Waals surface area (Å²) in [5, 5.41) is 5.83. The lowest BCUT2D eigenvalue weighted by Crippen LogP contribution is -2.06. The van der Waals surface area contributed by atoms with Crippen LogP contribution in [0.3, 0.4) is 0 Å². The molecule has 3 nitrogen and oxygen atoms in total. The molecule has 1 heterocycles. The molecule has 0 bridgehead atoms. The zero-order valence-corrected chi connectivity index (χ0v) is 11.9. The Morgan fingerprint density at radius 2 is 1.86 bits per heavy atom. The second-order valence-electron chi connectivity index (χ2n) is 5.01. The number of carbonyl (C=O) groups excluding carboxylic acids is 1. The van der Waals surface area contributed by atoms with Crippen LogP contribution < -0.4 is 10.6 Å². The van der Waals surface area contributed by atoms with Gasteiger partial charge in [0.1, 0.15) is 11.6 Å². The second kappa shape index (κ2) is 5.60. The molecule has 3 rings (SSSR count). The summed E-state index contributed by atoms with van der Waals surface area (Å²) in [7, 11) is 0. The molecule has 0 radical (unpaired) electrons. The molecule has 0 saturated carbocycles. The third-order valence-corrected chi connectivity index (χ3v) is 3.56. The minimum Gasteiger partial charge on any atom is -0.379 e. The Balaban J connectivity index is 1.89. The highest BCUT2D eigenvalue weighted by Gasteiger charge is 2.26. The standard InChI is InChI=1S/C17H14F2N2O/c1-2-13-14-7-12(19)8-15(16(14)21-17(13)22)20-9-10-3-5-11(18)6-4-10/h2-8,20H,9H2,1H3,(H,21,22). The van der Waals surface area contributed by atoms with E-state index in [0.717, 1.165) is 5.56 Å². The van der Waals surface area contributed by atoms with Crippen molar-refractivity contribution in [3.63, 3.8) is 0 Å². The highest BCUT2D eigenvalue weighted by Crippen LogP contribution is 2.38. The van der Waals surface area contributed by atoms with Gasteiger partial charge >= 0.3 is 0 Å². The Kier molecular flexibility index (Phi) is 3.63. The van der Waals surface area contributed by atoms with Crippen molar-refractivity contribution in [2.75, 3.05) is 10.6 Å². The summed E-state index contributed by atoms with van der Waals surface area (Å²) in [5.41, 5.74) is 2.94. The van der Waals surface area contributed by atoms with Crippen LogP contribution >= 0.6 is 0 Å². The summed E-state index contributed by atoms with van der Waals surface area (Å²) < 4.78 is 26.7. The van der Waals surface area contributed by atoms with Crippen LogP contribution in [0, 0.1) is 11.6 Å². The van der Waals surface area contributed by atoms with E-state index in [-0.39, 0.29) is 11.7 Å². The van der Waals surface area contributed by atoms with Crippen molar-refractivity contribution in [2.45, 2.75) is 13.5 Å². The lowest BCUT2D eigenvalue weighted by Gasteiger charge is -2.11. The molecule has 112 valence electrons. The van der Waals surface area contributed by atoms with E-state index in [1.165, 1.54) is 24.3 Å². The van der Waals surface area contributed by atoms with Gasteiger partial charge in [-0.2, -0.15) is 0 Å². The lowest BCUT2D eigenvalue weighted by atomic mass is 10.1. The van der Waals surface area contributed by atoms with Gasteiger partial charge in [-0.25, -0.2) is 8.78 Å². The third-order valence-electron chi connectivity index (χ3n) is 3.56. The Labute approximate surface area is 126 Å². The zero-order chi connectivity index (χ0) is 15.7. The smallest absolute Gasteiger partial charge is 0.256 e. The van der Waals surface area contributed by atoms with Gasteiger partial charge in [-0.05, 0) is 36.8 Å². The van der Waals surface area contributed by atoms with Crippen LogP contribution in [0.2, 0.25) is 0 Å². The molecule has 22 heavy (non-hydrogen) atoms. The van der Waals surface area contributed by atoms with Gasteiger partial charge in [0, 0.05) is 17.7 Å². The highest BCUT2D eigenvalue weighted by molar-refractivity contribution is 6.32. The Hall–Kier alpha value is -2.69. The quantitative estimate of drug-likeness (QED) is 0.843. The summed E-state index contributed by atoms with van der Waals surface area (Å²) in [4.78, 5) is 11.9. The molecule has 0 unspecified atom stereocenters. The first-order valence-corrected chi connectivity index (χ1v) is 6.88. The zero-order valence-electron chi connectivity index (χ0n) is 11.9. The normalized spacial score (nSPS) is 14.9. The molecule has 1 aliphatic heterocycles. The molecule has 0 spiro atoms. The number of hydrogen-bond acceptors (Lipinski definition) is 2. The van der Waals surface area contributed by atoms with Crippen molar-refractivity contribution in [1.29, 1.82) is 0 Å². The van der Waals surface area contributed by atoms with Gasteiger partial charge in [-0.15, -0.1) is 0 Å². The van der Waals surface area contributed by atoms with Crippen molar-refractivity contribution in [3.05, 3.63) is 65.2 Å². The fourth-order valence-electron chi connectivity index (χ4n) is 2.48. The number of carbonyl (C=O) groups is 1. The van der Waals surface area contributed by atoms with Crippen molar-refractivity contribution >= 4 is 22.9 Å². The van der Waals surface area contributed by atoms with Gasteiger partial charge in [0.25, 0.3) is 5.91 Å². The summed E-state index contributed by atoms with van der Waals surface area (Å²) in [6, 6.07) is 8.71. The number of rotatable bonds is 3. The monoisotopic (exact) mass is 300 g/mol. The number of hydrogen-bond donors (Lipinski definition) is 2. The maximum atomic E-state index is 13.8. The van der Waals surface area contributed by atoms with Crippen molar-refractivity contribution in [3.8, 4) is 0 Å². The molecule has 0 aromatic heterocycles. The van der Waals surface area contributed by atoms with Gasteiger partial charge in [0.2, 0.25) is 0 Å². The Morgan fingerprint density at radius 1 is 1.14 bits per heavy atom. The van der Waals surface area contributed by atoms with Crippen LogP contribution in [-0.2, 0) is 11.3 Å². The summed E-state index contributed by atoms with van der Waals surface area (Å²) in [6.45, 7) is 2.14. The SMILES string of the molecule is CC=C1C(=O)Nc2c(NCc3ccc(F)cc3)cc(F)cc21. The average molecular weight is 300 g/mol. The Morgan fingerprint density at radius 3 is 2.55 bits per heavy atom. The average Bonchev–Trinajstić information content (AvgIpc) is 2.81. The fourth-order valence-corrected chi connectivity index (χ4v) is 2.48. The fraction of sp³-hybridized carbons (Fsp3) is 0.118. The molecule has 0 fully saturated rings. The van der Waals surface area contributed by atoms with Crippen LogP contribution in [-0.4, -0.2) is 5.91 Å². The van der Waals surface area contributed by atoms with Gasteiger partial charge in [-0.3, -0.25) is 4.79 Å². The minimum absolute atomic E-state index is 0.243. The van der Waals surface area contributed by atoms with Gasteiger partial charge in [0.05, 0.1) is 11.4 Å².